The first-order valence-electron chi connectivity index (χ1n) is 6.41. The Morgan fingerprint density at radius 2 is 1.83 bits per heavy atom. The molecule has 18 heavy (non-hydrogen) atoms. The molecule has 3 heteroatoms. The molecule has 3 nitrogen and oxygen atoms in total. The largest absolute Gasteiger partial charge is 0.292 e. The van der Waals surface area contributed by atoms with Crippen LogP contribution < -0.4 is 0 Å². The van der Waals surface area contributed by atoms with Gasteiger partial charge in [0.25, 0.3) is 0 Å². The van der Waals surface area contributed by atoms with Gasteiger partial charge in [-0.1, -0.05) is 32.0 Å². The average molecular weight is 242 g/mol. The molecule has 0 bridgehead atoms. The zero-order chi connectivity index (χ0) is 13.0. The van der Waals surface area contributed by atoms with Gasteiger partial charge in [-0.25, -0.2) is 4.68 Å². The van der Waals surface area contributed by atoms with E-state index >= 15 is 0 Å². The Morgan fingerprint density at radius 3 is 2.44 bits per heavy atom. The van der Waals surface area contributed by atoms with Crippen LogP contribution in [-0.2, 0) is 0 Å². The van der Waals surface area contributed by atoms with Crippen molar-refractivity contribution in [3.63, 3.8) is 0 Å². The summed E-state index contributed by atoms with van der Waals surface area (Å²) < 4.78 is 1.72. The molecule has 2 aromatic rings. The van der Waals surface area contributed by atoms with Crippen LogP contribution in [0.5, 0.6) is 0 Å². The van der Waals surface area contributed by atoms with Crippen LogP contribution in [0.25, 0.3) is 5.69 Å². The molecule has 0 aliphatic rings. The molecule has 0 amide bonds. The smallest absolute Gasteiger partial charge is 0.184 e. The second kappa shape index (κ2) is 5.63. The van der Waals surface area contributed by atoms with Crippen molar-refractivity contribution in [2.45, 2.75) is 26.7 Å². The Balaban J connectivity index is 2.37. The maximum atomic E-state index is 12.4. The highest BCUT2D eigenvalue weighted by Gasteiger charge is 2.20. The Morgan fingerprint density at radius 1 is 1.17 bits per heavy atom. The minimum atomic E-state index is 0.0872. The highest BCUT2D eigenvalue weighted by atomic mass is 16.1. The van der Waals surface area contributed by atoms with Crippen LogP contribution >= 0.6 is 0 Å². The first kappa shape index (κ1) is 12.6. The van der Waals surface area contributed by atoms with Gasteiger partial charge in [-0.15, -0.1) is 0 Å². The molecule has 0 unspecified atom stereocenters. The minimum Gasteiger partial charge on any atom is -0.292 e. The molecular formula is C15H18N2O. The molecule has 0 N–H and O–H groups in total. The first-order chi connectivity index (χ1) is 8.77. The molecular weight excluding hydrogens is 224 g/mol. The Bertz CT molecular complexity index is 512. The number of nitrogens with zero attached hydrogens (tertiary/aromatic N) is 2. The number of Topliss-reactive ketones (excluding diaryl/α,β-unsaturated/α-hetero) is 1. The molecule has 2 rings (SSSR count). The van der Waals surface area contributed by atoms with Gasteiger partial charge in [0.15, 0.2) is 5.78 Å². The molecule has 94 valence electrons. The summed E-state index contributed by atoms with van der Waals surface area (Å²) in [5.74, 6) is 0.269. The topological polar surface area (TPSA) is 34.9 Å². The quantitative estimate of drug-likeness (QED) is 0.752. The van der Waals surface area contributed by atoms with Gasteiger partial charge in [0.05, 0.1) is 11.9 Å². The van der Waals surface area contributed by atoms with E-state index in [9.17, 15) is 4.79 Å². The van der Waals surface area contributed by atoms with Crippen molar-refractivity contribution in [2.75, 3.05) is 0 Å². The van der Waals surface area contributed by atoms with Gasteiger partial charge in [0.2, 0.25) is 0 Å². The summed E-state index contributed by atoms with van der Waals surface area (Å²) in [6.45, 7) is 4.10. The summed E-state index contributed by atoms with van der Waals surface area (Å²) in [7, 11) is 0. The number of benzene rings is 1. The zero-order valence-corrected chi connectivity index (χ0v) is 10.8. The lowest BCUT2D eigenvalue weighted by Gasteiger charge is -2.12. The van der Waals surface area contributed by atoms with Crippen molar-refractivity contribution in [1.82, 2.24) is 9.78 Å². The maximum absolute atomic E-state index is 12.4. The van der Waals surface area contributed by atoms with Crippen LogP contribution in [0, 0.1) is 5.92 Å². The van der Waals surface area contributed by atoms with Gasteiger partial charge in [-0.3, -0.25) is 4.79 Å². The number of hydrogen-bond acceptors (Lipinski definition) is 2. The molecule has 1 heterocycles. The summed E-state index contributed by atoms with van der Waals surface area (Å²) in [6.07, 6.45) is 3.42. The number of para-hydroxylation sites is 1. The maximum Gasteiger partial charge on any atom is 0.184 e. The number of hydrogen-bond donors (Lipinski definition) is 0. The third-order valence-corrected chi connectivity index (χ3v) is 3.25. The van der Waals surface area contributed by atoms with Gasteiger partial charge in [0, 0.05) is 5.92 Å². The Labute approximate surface area is 107 Å². The molecule has 0 aliphatic heterocycles. The van der Waals surface area contributed by atoms with E-state index in [0.717, 1.165) is 18.5 Å². The highest BCUT2D eigenvalue weighted by molar-refractivity contribution is 5.96. The van der Waals surface area contributed by atoms with E-state index in [1.165, 1.54) is 0 Å². The number of rotatable bonds is 5. The molecule has 1 aromatic carbocycles. The summed E-state index contributed by atoms with van der Waals surface area (Å²) in [5, 5.41) is 4.25. The van der Waals surface area contributed by atoms with Crippen LogP contribution in [0.4, 0.5) is 0 Å². The zero-order valence-electron chi connectivity index (χ0n) is 10.8. The van der Waals surface area contributed by atoms with E-state index in [1.807, 2.05) is 30.3 Å². The van der Waals surface area contributed by atoms with Crippen molar-refractivity contribution in [1.29, 1.82) is 0 Å². The summed E-state index contributed by atoms with van der Waals surface area (Å²) in [5.41, 5.74) is 1.60. The second-order valence-corrected chi connectivity index (χ2v) is 4.34. The highest BCUT2D eigenvalue weighted by Crippen LogP contribution is 2.18. The van der Waals surface area contributed by atoms with E-state index in [-0.39, 0.29) is 11.7 Å². The van der Waals surface area contributed by atoms with Crippen LogP contribution in [0.15, 0.2) is 42.6 Å². The van der Waals surface area contributed by atoms with Crippen LogP contribution in [-0.4, -0.2) is 15.6 Å². The molecule has 0 radical (unpaired) electrons. The Kier molecular flexibility index (Phi) is 3.92. The van der Waals surface area contributed by atoms with E-state index in [2.05, 4.69) is 18.9 Å². The number of ketones is 1. The van der Waals surface area contributed by atoms with Crippen LogP contribution in [0.2, 0.25) is 0 Å². The lowest BCUT2D eigenvalue weighted by atomic mass is 9.96. The number of carbonyl (C=O) groups excluding carboxylic acids is 1. The fourth-order valence-electron chi connectivity index (χ4n) is 2.13. The van der Waals surface area contributed by atoms with E-state index in [0.29, 0.717) is 5.69 Å². The Hall–Kier alpha value is -1.90. The van der Waals surface area contributed by atoms with E-state index in [1.54, 1.807) is 16.9 Å². The molecule has 0 aliphatic carbocycles. The van der Waals surface area contributed by atoms with Gasteiger partial charge in [-0.05, 0) is 31.0 Å². The van der Waals surface area contributed by atoms with Crippen LogP contribution in [0.3, 0.4) is 0 Å². The van der Waals surface area contributed by atoms with Crippen molar-refractivity contribution < 1.29 is 4.79 Å². The first-order valence-corrected chi connectivity index (χ1v) is 6.41. The average Bonchev–Trinajstić information content (AvgIpc) is 2.90. The van der Waals surface area contributed by atoms with Gasteiger partial charge >= 0.3 is 0 Å². The molecule has 0 saturated heterocycles. The number of aromatic nitrogens is 2. The lowest BCUT2D eigenvalue weighted by molar-refractivity contribution is 0.0905. The molecule has 0 atom stereocenters. The molecule has 0 fully saturated rings. The fourth-order valence-corrected chi connectivity index (χ4v) is 2.13. The van der Waals surface area contributed by atoms with Crippen molar-refractivity contribution in [3.05, 3.63) is 48.3 Å². The molecule has 0 saturated carbocycles. The third-order valence-electron chi connectivity index (χ3n) is 3.25. The summed E-state index contributed by atoms with van der Waals surface area (Å²) in [4.78, 5) is 12.4. The van der Waals surface area contributed by atoms with Gasteiger partial charge < -0.3 is 0 Å². The lowest BCUT2D eigenvalue weighted by Crippen LogP contribution is -2.17. The van der Waals surface area contributed by atoms with Crippen molar-refractivity contribution in [2.24, 2.45) is 5.92 Å². The third kappa shape index (κ3) is 2.35. The van der Waals surface area contributed by atoms with Gasteiger partial charge in [-0.2, -0.15) is 5.10 Å². The van der Waals surface area contributed by atoms with Crippen molar-refractivity contribution >= 4 is 5.78 Å². The predicted octanol–water partition coefficient (Wildman–Crippen LogP) is 3.49. The molecule has 1 aromatic heterocycles. The normalized spacial score (nSPS) is 10.8. The second-order valence-electron chi connectivity index (χ2n) is 4.34. The number of carbonyl (C=O) groups is 1. The summed E-state index contributed by atoms with van der Waals surface area (Å²) >= 11 is 0. The van der Waals surface area contributed by atoms with Crippen molar-refractivity contribution in [3.8, 4) is 5.69 Å². The predicted molar refractivity (Wildman–Crippen MR) is 72.0 cm³/mol. The fraction of sp³-hybridized carbons (Fsp3) is 0.333. The minimum absolute atomic E-state index is 0.0872. The molecule has 0 spiro atoms. The monoisotopic (exact) mass is 242 g/mol. The summed E-state index contributed by atoms with van der Waals surface area (Å²) in [6, 6.07) is 11.6. The van der Waals surface area contributed by atoms with Gasteiger partial charge in [0.1, 0.15) is 5.69 Å². The van der Waals surface area contributed by atoms with Crippen LogP contribution in [0.1, 0.15) is 37.2 Å². The van der Waals surface area contributed by atoms with E-state index < -0.39 is 0 Å². The SMILES string of the molecule is CCC(CC)C(=O)c1ccnn1-c1ccccc1. The van der Waals surface area contributed by atoms with E-state index in [4.69, 9.17) is 0 Å². The standard InChI is InChI=1S/C15H18N2O/c1-3-12(4-2)15(18)14-10-11-16-17(14)13-8-6-5-7-9-13/h5-12H,3-4H2,1-2H3.